The van der Waals surface area contributed by atoms with Gasteiger partial charge in [-0.3, -0.25) is 9.59 Å². The fourth-order valence-corrected chi connectivity index (χ4v) is 4.01. The predicted octanol–water partition coefficient (Wildman–Crippen LogP) is 4.42. The van der Waals surface area contributed by atoms with Crippen molar-refractivity contribution in [3.05, 3.63) is 77.6 Å². The Kier molecular flexibility index (Phi) is 7.67. The van der Waals surface area contributed by atoms with Crippen molar-refractivity contribution < 1.29 is 18.7 Å². The first-order valence-electron chi connectivity index (χ1n) is 11.1. The molecule has 3 rings (SSSR count). The molecule has 1 aliphatic heterocycles. The molecule has 0 aromatic heterocycles. The zero-order valence-electron chi connectivity index (χ0n) is 18.9. The van der Waals surface area contributed by atoms with Gasteiger partial charge in [0.1, 0.15) is 11.6 Å². The Bertz CT molecular complexity index is 972. The summed E-state index contributed by atoms with van der Waals surface area (Å²) in [6.07, 6.45) is 2.23. The average molecular weight is 439 g/mol. The molecule has 0 aliphatic carbocycles. The minimum absolute atomic E-state index is 0.0477. The van der Waals surface area contributed by atoms with Gasteiger partial charge >= 0.3 is 0 Å². The Morgan fingerprint density at radius 3 is 2.59 bits per heavy atom. The van der Waals surface area contributed by atoms with Gasteiger partial charge in [-0.25, -0.2) is 4.39 Å². The van der Waals surface area contributed by atoms with Crippen molar-refractivity contribution in [2.24, 2.45) is 5.92 Å². The number of amides is 2. The largest absolute Gasteiger partial charge is 0.481 e. The first-order valence-corrected chi connectivity index (χ1v) is 11.1. The smallest absolute Gasteiger partial charge is 0.261 e. The van der Waals surface area contributed by atoms with E-state index in [9.17, 15) is 14.0 Å². The van der Waals surface area contributed by atoms with Crippen molar-refractivity contribution >= 4 is 11.8 Å². The summed E-state index contributed by atoms with van der Waals surface area (Å²) in [5, 5.41) is 2.77. The van der Waals surface area contributed by atoms with E-state index in [2.05, 4.69) is 11.9 Å². The summed E-state index contributed by atoms with van der Waals surface area (Å²) in [5.74, 6) is -0.0597. The van der Waals surface area contributed by atoms with E-state index < -0.39 is 6.10 Å². The molecule has 1 heterocycles. The fourth-order valence-electron chi connectivity index (χ4n) is 4.01. The standard InChI is InChI=1S/C26H31FN2O3/c1-5-14-28-25(30)23(6-2)32-21-12-9-18-13-15-29(26(31)17(3)4)24(22(18)16-21)19-7-10-20(27)11-8-19/h5,7-12,16-17,23-24H,1,6,13-15H2,2-4H3,(H,28,30)/t23-,24+/m1/s1. The van der Waals surface area contributed by atoms with Gasteiger partial charge in [-0.2, -0.15) is 0 Å². The molecule has 1 N–H and O–H groups in total. The van der Waals surface area contributed by atoms with E-state index in [-0.39, 0.29) is 29.6 Å². The van der Waals surface area contributed by atoms with Gasteiger partial charge in [-0.05, 0) is 53.8 Å². The van der Waals surface area contributed by atoms with Crippen molar-refractivity contribution in [3.8, 4) is 5.75 Å². The number of carbonyl (C=O) groups is 2. The molecule has 6 heteroatoms. The monoisotopic (exact) mass is 438 g/mol. The number of rotatable bonds is 8. The van der Waals surface area contributed by atoms with Gasteiger partial charge in [-0.15, -0.1) is 6.58 Å². The van der Waals surface area contributed by atoms with Crippen LogP contribution in [-0.4, -0.2) is 35.9 Å². The number of nitrogens with one attached hydrogen (secondary N) is 1. The maximum absolute atomic E-state index is 13.6. The van der Waals surface area contributed by atoms with Crippen LogP contribution in [0.4, 0.5) is 4.39 Å². The number of fused-ring (bicyclic) bond motifs is 1. The summed E-state index contributed by atoms with van der Waals surface area (Å²) in [6, 6.07) is 11.7. The number of hydrogen-bond donors (Lipinski definition) is 1. The van der Waals surface area contributed by atoms with Gasteiger partial charge in [0.05, 0.1) is 6.04 Å². The van der Waals surface area contributed by atoms with E-state index >= 15 is 0 Å². The van der Waals surface area contributed by atoms with Gasteiger partial charge in [0.15, 0.2) is 6.10 Å². The van der Waals surface area contributed by atoms with Crippen LogP contribution in [0.5, 0.6) is 5.75 Å². The summed E-state index contributed by atoms with van der Waals surface area (Å²) >= 11 is 0. The zero-order valence-corrected chi connectivity index (χ0v) is 18.9. The van der Waals surface area contributed by atoms with Gasteiger partial charge in [0.25, 0.3) is 5.91 Å². The van der Waals surface area contributed by atoms with E-state index in [0.29, 0.717) is 25.3 Å². The number of benzene rings is 2. The minimum atomic E-state index is -0.630. The molecule has 2 aromatic rings. The van der Waals surface area contributed by atoms with Crippen molar-refractivity contribution in [1.29, 1.82) is 0 Å². The minimum Gasteiger partial charge on any atom is -0.481 e. The molecule has 0 radical (unpaired) electrons. The Balaban J connectivity index is 1.98. The molecule has 0 saturated heterocycles. The molecule has 0 fully saturated rings. The number of ether oxygens (including phenoxy) is 1. The fraction of sp³-hybridized carbons (Fsp3) is 0.385. The molecule has 1 aliphatic rings. The lowest BCUT2D eigenvalue weighted by atomic mass is 9.87. The first-order chi connectivity index (χ1) is 15.3. The highest BCUT2D eigenvalue weighted by atomic mass is 19.1. The van der Waals surface area contributed by atoms with Crippen LogP contribution in [-0.2, 0) is 16.0 Å². The maximum atomic E-state index is 13.6. The number of nitrogens with zero attached hydrogens (tertiary/aromatic N) is 1. The predicted molar refractivity (Wildman–Crippen MR) is 123 cm³/mol. The van der Waals surface area contributed by atoms with E-state index in [1.54, 1.807) is 18.2 Å². The summed E-state index contributed by atoms with van der Waals surface area (Å²) in [5.41, 5.74) is 2.90. The summed E-state index contributed by atoms with van der Waals surface area (Å²) < 4.78 is 19.6. The normalized spacial score (nSPS) is 16.3. The lowest BCUT2D eigenvalue weighted by Crippen LogP contribution is -2.42. The average Bonchev–Trinajstić information content (AvgIpc) is 2.80. The van der Waals surface area contributed by atoms with Gasteiger partial charge < -0.3 is 15.0 Å². The van der Waals surface area contributed by atoms with Crippen molar-refractivity contribution in [1.82, 2.24) is 10.2 Å². The molecule has 5 nitrogen and oxygen atoms in total. The van der Waals surface area contributed by atoms with E-state index in [4.69, 9.17) is 4.74 Å². The molecule has 2 aromatic carbocycles. The van der Waals surface area contributed by atoms with Crippen LogP contribution < -0.4 is 10.1 Å². The number of hydrogen-bond acceptors (Lipinski definition) is 3. The molecule has 2 atom stereocenters. The lowest BCUT2D eigenvalue weighted by Gasteiger charge is -2.39. The van der Waals surface area contributed by atoms with Crippen LogP contribution in [0.1, 0.15) is 49.9 Å². The molecule has 0 unspecified atom stereocenters. The Hall–Kier alpha value is -3.15. The van der Waals surface area contributed by atoms with E-state index in [1.807, 2.05) is 43.9 Å². The molecule has 170 valence electrons. The van der Waals surface area contributed by atoms with Gasteiger partial charge in [-0.1, -0.05) is 45.0 Å². The third kappa shape index (κ3) is 5.18. The highest BCUT2D eigenvalue weighted by Gasteiger charge is 2.33. The molecule has 0 saturated carbocycles. The van der Waals surface area contributed by atoms with Crippen LogP contribution in [0.3, 0.4) is 0 Å². The first kappa shape index (κ1) is 23.5. The van der Waals surface area contributed by atoms with Crippen LogP contribution >= 0.6 is 0 Å². The molecule has 0 spiro atoms. The zero-order chi connectivity index (χ0) is 23.3. The van der Waals surface area contributed by atoms with E-state index in [0.717, 1.165) is 23.1 Å². The van der Waals surface area contributed by atoms with Gasteiger partial charge in [0.2, 0.25) is 5.91 Å². The summed E-state index contributed by atoms with van der Waals surface area (Å²) in [6.45, 7) is 10.2. The van der Waals surface area contributed by atoms with Crippen LogP contribution in [0, 0.1) is 11.7 Å². The second-order valence-corrected chi connectivity index (χ2v) is 8.30. The van der Waals surface area contributed by atoms with Crippen molar-refractivity contribution in [3.63, 3.8) is 0 Å². The third-order valence-corrected chi connectivity index (χ3v) is 5.67. The van der Waals surface area contributed by atoms with Crippen LogP contribution in [0.15, 0.2) is 55.1 Å². The second kappa shape index (κ2) is 10.4. The van der Waals surface area contributed by atoms with Crippen LogP contribution in [0.25, 0.3) is 0 Å². The molecule has 0 bridgehead atoms. The van der Waals surface area contributed by atoms with E-state index in [1.165, 1.54) is 12.1 Å². The van der Waals surface area contributed by atoms with Gasteiger partial charge in [0, 0.05) is 19.0 Å². The maximum Gasteiger partial charge on any atom is 0.261 e. The topological polar surface area (TPSA) is 58.6 Å². The number of halogens is 1. The molecular formula is C26H31FN2O3. The Morgan fingerprint density at radius 1 is 1.25 bits per heavy atom. The van der Waals surface area contributed by atoms with Crippen molar-refractivity contribution in [2.45, 2.75) is 45.8 Å². The molecular weight excluding hydrogens is 407 g/mol. The van der Waals surface area contributed by atoms with Crippen LogP contribution in [0.2, 0.25) is 0 Å². The quantitative estimate of drug-likeness (QED) is 0.621. The highest BCUT2D eigenvalue weighted by Crippen LogP contribution is 2.38. The molecule has 2 amide bonds. The Labute approximate surface area is 189 Å². The lowest BCUT2D eigenvalue weighted by molar-refractivity contribution is -0.136. The number of carbonyl (C=O) groups excluding carboxylic acids is 2. The SMILES string of the molecule is C=CCNC(=O)[C@@H](CC)Oc1ccc2c(c1)[C@H](c1ccc(F)cc1)N(C(=O)C(C)C)CC2. The second-order valence-electron chi connectivity index (χ2n) is 8.30. The summed E-state index contributed by atoms with van der Waals surface area (Å²) in [7, 11) is 0. The third-order valence-electron chi connectivity index (χ3n) is 5.67. The Morgan fingerprint density at radius 2 is 1.97 bits per heavy atom. The van der Waals surface area contributed by atoms with Crippen molar-refractivity contribution in [2.75, 3.05) is 13.1 Å². The summed E-state index contributed by atoms with van der Waals surface area (Å²) in [4.78, 5) is 27.3. The molecule has 32 heavy (non-hydrogen) atoms. The highest BCUT2D eigenvalue weighted by molar-refractivity contribution is 5.81.